The second kappa shape index (κ2) is 20.8. The van der Waals surface area contributed by atoms with Crippen molar-refractivity contribution in [2.45, 2.75) is 227 Å². The quantitative estimate of drug-likeness (QED) is 0.0554. The average molecular weight is 729 g/mol. The lowest BCUT2D eigenvalue weighted by atomic mass is 9.46. The van der Waals surface area contributed by atoms with Crippen LogP contribution in [0.2, 0.25) is 0 Å². The number of ether oxygens (including phenoxy) is 1. The van der Waals surface area contributed by atoms with Crippen LogP contribution in [0.25, 0.3) is 0 Å². The summed E-state index contributed by atoms with van der Waals surface area (Å²) in [4.78, 5) is 12.9. The summed E-state index contributed by atoms with van der Waals surface area (Å²) >= 11 is 0. The number of rotatable bonds is 23. The zero-order valence-corrected chi connectivity index (χ0v) is 35.1. The van der Waals surface area contributed by atoms with Crippen LogP contribution >= 0.6 is 0 Å². The van der Waals surface area contributed by atoms with Crippen molar-refractivity contribution < 1.29 is 24.9 Å². The van der Waals surface area contributed by atoms with Crippen molar-refractivity contribution in [2.75, 3.05) is 0 Å². The summed E-state index contributed by atoms with van der Waals surface area (Å²) in [6, 6.07) is 0. The number of hydrogen-bond donors (Lipinski definition) is 3. The van der Waals surface area contributed by atoms with Crippen molar-refractivity contribution in [1.82, 2.24) is 0 Å². The lowest BCUT2D eigenvalue weighted by Crippen LogP contribution is -2.55. The van der Waals surface area contributed by atoms with Gasteiger partial charge in [-0.2, -0.15) is 0 Å². The van der Waals surface area contributed by atoms with Crippen molar-refractivity contribution in [3.63, 3.8) is 0 Å². The zero-order chi connectivity index (χ0) is 37.9. The minimum absolute atomic E-state index is 0.0665. The molecule has 0 aromatic heterocycles. The summed E-state index contributed by atoms with van der Waals surface area (Å²) in [5.74, 6) is 4.56. The van der Waals surface area contributed by atoms with Gasteiger partial charge in [-0.15, -0.1) is 0 Å². The molecule has 3 saturated carbocycles. The molecular weight excluding hydrogens is 645 g/mol. The lowest BCUT2D eigenvalue weighted by Gasteiger charge is -2.59. The Hall–Kier alpha value is -0.910. The van der Waals surface area contributed by atoms with Crippen LogP contribution in [0, 0.1) is 52.3 Å². The predicted molar refractivity (Wildman–Crippen MR) is 216 cm³/mol. The van der Waals surface area contributed by atoms with Crippen molar-refractivity contribution in [3.8, 4) is 0 Å². The Kier molecular flexibility index (Phi) is 17.6. The highest BCUT2D eigenvalue weighted by Gasteiger charge is 2.61. The maximum absolute atomic E-state index is 12.9. The van der Waals surface area contributed by atoms with E-state index in [2.05, 4.69) is 54.5 Å². The van der Waals surface area contributed by atoms with E-state index < -0.39 is 12.2 Å². The number of carbonyl (C=O) groups is 1. The summed E-state index contributed by atoms with van der Waals surface area (Å²) in [6.45, 7) is 17.0. The molecule has 0 bridgehead atoms. The molecule has 12 atom stereocenters. The van der Waals surface area contributed by atoms with Crippen molar-refractivity contribution in [1.29, 1.82) is 0 Å². The van der Waals surface area contributed by atoms with Gasteiger partial charge in [-0.05, 0) is 116 Å². The first-order valence-electron chi connectivity index (χ1n) is 22.8. The highest BCUT2D eigenvalue weighted by atomic mass is 16.5. The van der Waals surface area contributed by atoms with Gasteiger partial charge >= 0.3 is 5.97 Å². The standard InChI is InChI=1S/C47H84O5/c1-8-10-11-12-14-17-20-41(48)42(49)21-18-15-13-16-19-22-44(51)52-37-27-29-46(6)36(31-37)32-43(50)45-39-26-25-38(47(39,7)30-28-40(45)46)34(5)23-24-35(9-2)33(3)4/h32-35,37-43,45,48-50H,8-31H2,1-7H3/t34-,35-,37+,38-,39+,40+,41?,42?,43+,45+,46+,47-/m1/s1. The largest absolute Gasteiger partial charge is 0.462 e. The topological polar surface area (TPSA) is 87.0 Å². The molecule has 4 aliphatic carbocycles. The van der Waals surface area contributed by atoms with Crippen LogP contribution in [-0.4, -0.2) is 45.7 Å². The Morgan fingerprint density at radius 3 is 2.06 bits per heavy atom. The van der Waals surface area contributed by atoms with E-state index in [1.807, 2.05) is 0 Å². The van der Waals surface area contributed by atoms with E-state index in [1.54, 1.807) is 0 Å². The van der Waals surface area contributed by atoms with Crippen LogP contribution in [0.4, 0.5) is 0 Å². The highest BCUT2D eigenvalue weighted by Crippen LogP contribution is 2.67. The highest BCUT2D eigenvalue weighted by molar-refractivity contribution is 5.69. The monoisotopic (exact) mass is 729 g/mol. The van der Waals surface area contributed by atoms with Crippen LogP contribution in [0.1, 0.15) is 203 Å². The minimum atomic E-state index is -0.616. The van der Waals surface area contributed by atoms with Crippen LogP contribution < -0.4 is 0 Å². The first-order chi connectivity index (χ1) is 24.8. The third-order valence-electron chi connectivity index (χ3n) is 15.8. The number of aliphatic hydroxyl groups is 3. The van der Waals surface area contributed by atoms with Gasteiger partial charge in [-0.1, -0.05) is 137 Å². The van der Waals surface area contributed by atoms with Gasteiger partial charge in [0.2, 0.25) is 0 Å². The van der Waals surface area contributed by atoms with Crippen molar-refractivity contribution in [2.24, 2.45) is 52.3 Å². The van der Waals surface area contributed by atoms with Gasteiger partial charge in [0.05, 0.1) is 18.3 Å². The molecule has 2 unspecified atom stereocenters. The Labute approximate surface area is 320 Å². The Morgan fingerprint density at radius 2 is 1.42 bits per heavy atom. The van der Waals surface area contributed by atoms with Gasteiger partial charge in [-0.3, -0.25) is 4.79 Å². The molecule has 0 aromatic carbocycles. The molecule has 5 nitrogen and oxygen atoms in total. The molecule has 0 heterocycles. The SMILES string of the molecule is CCCCCCCCC(O)C(O)CCCCCCCC(=O)O[C@H]1CC[C@@]2(C)C(=C[C@H](O)[C@H]3[C@@H]4CC[C@H]([C@H](C)CC[C@@H](CC)C(C)C)[C@@]4(C)CC[C@@H]32)C1. The van der Waals surface area contributed by atoms with E-state index in [-0.39, 0.29) is 23.6 Å². The molecule has 302 valence electrons. The van der Waals surface area contributed by atoms with Gasteiger partial charge in [0.1, 0.15) is 6.10 Å². The summed E-state index contributed by atoms with van der Waals surface area (Å²) in [5.41, 5.74) is 1.81. The van der Waals surface area contributed by atoms with Crippen LogP contribution in [0.5, 0.6) is 0 Å². The normalized spacial score (nSPS) is 33.8. The fourth-order valence-corrected chi connectivity index (χ4v) is 12.3. The molecule has 5 heteroatoms. The smallest absolute Gasteiger partial charge is 0.306 e. The first kappa shape index (κ1) is 43.8. The molecule has 4 rings (SSSR count). The van der Waals surface area contributed by atoms with E-state index in [0.29, 0.717) is 42.4 Å². The first-order valence-corrected chi connectivity index (χ1v) is 22.8. The molecule has 0 aromatic rings. The summed E-state index contributed by atoms with van der Waals surface area (Å²) < 4.78 is 6.07. The second-order valence-electron chi connectivity index (χ2n) is 19.4. The molecule has 3 N–H and O–H groups in total. The van der Waals surface area contributed by atoms with E-state index in [0.717, 1.165) is 87.9 Å². The van der Waals surface area contributed by atoms with Gasteiger partial charge < -0.3 is 20.1 Å². The summed E-state index contributed by atoms with van der Waals surface area (Å²) in [7, 11) is 0. The van der Waals surface area contributed by atoms with Crippen molar-refractivity contribution >= 4 is 5.97 Å². The number of carbonyl (C=O) groups excluding carboxylic acids is 1. The molecule has 0 saturated heterocycles. The minimum Gasteiger partial charge on any atom is -0.462 e. The van der Waals surface area contributed by atoms with E-state index in [4.69, 9.17) is 4.74 Å². The molecule has 52 heavy (non-hydrogen) atoms. The van der Waals surface area contributed by atoms with E-state index in [9.17, 15) is 20.1 Å². The fraction of sp³-hybridized carbons (Fsp3) is 0.936. The molecule has 0 aliphatic heterocycles. The van der Waals surface area contributed by atoms with Gasteiger partial charge in [0.25, 0.3) is 0 Å². The maximum atomic E-state index is 12.9. The fourth-order valence-electron chi connectivity index (χ4n) is 12.3. The molecule has 0 amide bonds. The van der Waals surface area contributed by atoms with Gasteiger partial charge in [0.15, 0.2) is 0 Å². The van der Waals surface area contributed by atoms with Gasteiger partial charge in [0, 0.05) is 12.8 Å². The average Bonchev–Trinajstić information content (AvgIpc) is 3.47. The lowest BCUT2D eigenvalue weighted by molar-refractivity contribution is -0.152. The number of aliphatic hydroxyl groups excluding tert-OH is 3. The number of unbranched alkanes of at least 4 members (excludes halogenated alkanes) is 9. The molecule has 0 radical (unpaired) electrons. The third kappa shape index (κ3) is 11.1. The van der Waals surface area contributed by atoms with E-state index in [1.165, 1.54) is 76.2 Å². The molecule has 4 aliphatic rings. The van der Waals surface area contributed by atoms with Crippen LogP contribution in [0.3, 0.4) is 0 Å². The predicted octanol–water partition coefficient (Wildman–Crippen LogP) is 11.7. The van der Waals surface area contributed by atoms with Crippen LogP contribution in [0.15, 0.2) is 11.6 Å². The number of fused-ring (bicyclic) bond motifs is 5. The zero-order valence-electron chi connectivity index (χ0n) is 35.1. The van der Waals surface area contributed by atoms with Crippen molar-refractivity contribution in [3.05, 3.63) is 11.6 Å². The van der Waals surface area contributed by atoms with E-state index >= 15 is 0 Å². The Bertz CT molecular complexity index is 1090. The summed E-state index contributed by atoms with van der Waals surface area (Å²) in [6.07, 6.45) is 26.3. The second-order valence-corrected chi connectivity index (χ2v) is 19.4. The number of hydrogen-bond acceptors (Lipinski definition) is 5. The third-order valence-corrected chi connectivity index (χ3v) is 15.8. The molecule has 3 fully saturated rings. The summed E-state index contributed by atoms with van der Waals surface area (Å²) in [5, 5.41) is 32.4. The Balaban J connectivity index is 1.16. The Morgan fingerprint density at radius 1 is 0.788 bits per heavy atom. The van der Waals surface area contributed by atoms with Crippen LogP contribution in [-0.2, 0) is 9.53 Å². The maximum Gasteiger partial charge on any atom is 0.306 e. The number of esters is 1. The molecular formula is C47H84O5. The van der Waals surface area contributed by atoms with Gasteiger partial charge in [-0.25, -0.2) is 0 Å². The molecule has 0 spiro atoms.